The number of rotatable bonds is 3. The number of benzene rings is 1. The molecule has 2 aromatic rings. The zero-order chi connectivity index (χ0) is 13.3. The van der Waals surface area contributed by atoms with Gasteiger partial charge in [-0.25, -0.2) is 0 Å². The van der Waals surface area contributed by atoms with Crippen molar-refractivity contribution < 1.29 is 4.79 Å². The number of aromatic nitrogens is 1. The highest BCUT2D eigenvalue weighted by atomic mass is 79.9. The first kappa shape index (κ1) is 13.1. The molecule has 1 aromatic heterocycles. The third kappa shape index (κ3) is 2.17. The SMILES string of the molecule is CCN(CC)C(=O)c1ccc2c(Br)cn(C)c2c1. The Hall–Kier alpha value is -1.29. The van der Waals surface area contributed by atoms with Crippen LogP contribution in [-0.4, -0.2) is 28.5 Å². The Bertz CT molecular complexity index is 585. The van der Waals surface area contributed by atoms with E-state index in [0.29, 0.717) is 0 Å². The molecule has 4 heteroatoms. The Morgan fingerprint density at radius 1 is 1.33 bits per heavy atom. The van der Waals surface area contributed by atoms with Gasteiger partial charge in [-0.05, 0) is 41.9 Å². The van der Waals surface area contributed by atoms with Crippen LogP contribution >= 0.6 is 15.9 Å². The van der Waals surface area contributed by atoms with Crippen molar-refractivity contribution in [2.24, 2.45) is 7.05 Å². The fourth-order valence-corrected chi connectivity index (χ4v) is 2.80. The number of carbonyl (C=O) groups is 1. The second-order valence-corrected chi connectivity index (χ2v) is 5.15. The molecular weight excluding hydrogens is 292 g/mol. The van der Waals surface area contributed by atoms with Crippen molar-refractivity contribution >= 4 is 32.7 Å². The first-order chi connectivity index (χ1) is 8.58. The lowest BCUT2D eigenvalue weighted by atomic mass is 10.1. The highest BCUT2D eigenvalue weighted by Crippen LogP contribution is 2.26. The molecule has 96 valence electrons. The van der Waals surface area contributed by atoms with Gasteiger partial charge in [-0.1, -0.05) is 6.07 Å². The van der Waals surface area contributed by atoms with Gasteiger partial charge in [-0.15, -0.1) is 0 Å². The van der Waals surface area contributed by atoms with Gasteiger partial charge >= 0.3 is 0 Å². The molecule has 0 saturated carbocycles. The molecule has 1 heterocycles. The summed E-state index contributed by atoms with van der Waals surface area (Å²) in [4.78, 5) is 14.1. The zero-order valence-electron chi connectivity index (χ0n) is 10.9. The molecule has 1 aromatic carbocycles. The summed E-state index contributed by atoms with van der Waals surface area (Å²) >= 11 is 3.52. The van der Waals surface area contributed by atoms with Crippen molar-refractivity contribution in [1.82, 2.24) is 9.47 Å². The van der Waals surface area contributed by atoms with Gasteiger partial charge < -0.3 is 9.47 Å². The fourth-order valence-electron chi connectivity index (χ4n) is 2.16. The third-order valence-corrected chi connectivity index (χ3v) is 3.87. The highest BCUT2D eigenvalue weighted by Gasteiger charge is 2.14. The lowest BCUT2D eigenvalue weighted by molar-refractivity contribution is 0.0773. The van der Waals surface area contributed by atoms with Crippen molar-refractivity contribution in [2.75, 3.05) is 13.1 Å². The maximum absolute atomic E-state index is 12.3. The number of carbonyl (C=O) groups excluding carboxylic acids is 1. The number of nitrogens with zero attached hydrogens (tertiary/aromatic N) is 2. The number of hydrogen-bond donors (Lipinski definition) is 0. The van der Waals surface area contributed by atoms with E-state index in [9.17, 15) is 4.79 Å². The Morgan fingerprint density at radius 2 is 2.00 bits per heavy atom. The van der Waals surface area contributed by atoms with E-state index >= 15 is 0 Å². The lowest BCUT2D eigenvalue weighted by Gasteiger charge is -2.18. The molecule has 0 radical (unpaired) electrons. The third-order valence-electron chi connectivity index (χ3n) is 3.24. The van der Waals surface area contributed by atoms with E-state index < -0.39 is 0 Å². The summed E-state index contributed by atoms with van der Waals surface area (Å²) in [7, 11) is 1.98. The maximum Gasteiger partial charge on any atom is 0.253 e. The molecule has 3 nitrogen and oxygen atoms in total. The van der Waals surface area contributed by atoms with Gasteiger partial charge in [-0.3, -0.25) is 4.79 Å². The Morgan fingerprint density at radius 3 is 2.61 bits per heavy atom. The summed E-state index contributed by atoms with van der Waals surface area (Å²) in [6.07, 6.45) is 2.01. The molecule has 0 aliphatic heterocycles. The predicted molar refractivity (Wildman–Crippen MR) is 77.9 cm³/mol. The number of halogens is 1. The molecule has 0 spiro atoms. The van der Waals surface area contributed by atoms with Crippen LogP contribution in [0.15, 0.2) is 28.9 Å². The van der Waals surface area contributed by atoms with Crippen LogP contribution < -0.4 is 0 Å². The maximum atomic E-state index is 12.3. The van der Waals surface area contributed by atoms with E-state index in [2.05, 4.69) is 15.9 Å². The van der Waals surface area contributed by atoms with Gasteiger partial charge in [0.05, 0.1) is 0 Å². The van der Waals surface area contributed by atoms with Crippen LogP contribution in [0.4, 0.5) is 0 Å². The van der Waals surface area contributed by atoms with Gasteiger partial charge in [0, 0.05) is 47.3 Å². The summed E-state index contributed by atoms with van der Waals surface area (Å²) in [5.74, 6) is 0.0965. The number of aryl methyl sites for hydroxylation is 1. The fraction of sp³-hybridized carbons (Fsp3) is 0.357. The Labute approximate surface area is 116 Å². The number of hydrogen-bond acceptors (Lipinski definition) is 1. The minimum absolute atomic E-state index is 0.0965. The Balaban J connectivity index is 2.47. The van der Waals surface area contributed by atoms with Crippen LogP contribution in [0.1, 0.15) is 24.2 Å². The average molecular weight is 309 g/mol. The first-order valence-corrected chi connectivity index (χ1v) is 6.91. The Kier molecular flexibility index (Phi) is 3.76. The molecule has 1 amide bonds. The van der Waals surface area contributed by atoms with Crippen molar-refractivity contribution in [3.8, 4) is 0 Å². The second-order valence-electron chi connectivity index (χ2n) is 4.30. The van der Waals surface area contributed by atoms with E-state index in [1.54, 1.807) is 0 Å². The van der Waals surface area contributed by atoms with Crippen molar-refractivity contribution in [1.29, 1.82) is 0 Å². The summed E-state index contributed by atoms with van der Waals surface area (Å²) in [5.41, 5.74) is 1.82. The molecule has 0 unspecified atom stereocenters. The molecule has 0 aliphatic rings. The van der Waals surface area contributed by atoms with E-state index in [0.717, 1.165) is 34.0 Å². The van der Waals surface area contributed by atoms with Crippen LogP contribution in [0.3, 0.4) is 0 Å². The highest BCUT2D eigenvalue weighted by molar-refractivity contribution is 9.10. The minimum atomic E-state index is 0.0965. The van der Waals surface area contributed by atoms with Crippen LogP contribution in [0.2, 0.25) is 0 Å². The first-order valence-electron chi connectivity index (χ1n) is 6.12. The van der Waals surface area contributed by atoms with E-state index in [1.807, 2.05) is 54.8 Å². The second kappa shape index (κ2) is 5.14. The largest absolute Gasteiger partial charge is 0.349 e. The summed E-state index contributed by atoms with van der Waals surface area (Å²) in [6, 6.07) is 5.85. The van der Waals surface area contributed by atoms with E-state index in [4.69, 9.17) is 0 Å². The van der Waals surface area contributed by atoms with Crippen molar-refractivity contribution in [2.45, 2.75) is 13.8 Å². The van der Waals surface area contributed by atoms with Gasteiger partial charge in [0.2, 0.25) is 0 Å². The molecule has 0 aliphatic carbocycles. The smallest absolute Gasteiger partial charge is 0.253 e. The van der Waals surface area contributed by atoms with Gasteiger partial charge in [0.1, 0.15) is 0 Å². The standard InChI is InChI=1S/C14H17BrN2O/c1-4-17(5-2)14(18)10-6-7-11-12(15)9-16(3)13(11)8-10/h6-9H,4-5H2,1-3H3. The normalized spacial score (nSPS) is 10.9. The topological polar surface area (TPSA) is 25.2 Å². The summed E-state index contributed by atoms with van der Waals surface area (Å²) in [6.45, 7) is 5.48. The molecule has 0 saturated heterocycles. The van der Waals surface area contributed by atoms with Crippen molar-refractivity contribution in [3.63, 3.8) is 0 Å². The van der Waals surface area contributed by atoms with E-state index in [1.165, 1.54) is 0 Å². The summed E-state index contributed by atoms with van der Waals surface area (Å²) < 4.78 is 3.08. The van der Waals surface area contributed by atoms with Gasteiger partial charge in [0.25, 0.3) is 5.91 Å². The van der Waals surface area contributed by atoms with E-state index in [-0.39, 0.29) is 5.91 Å². The summed E-state index contributed by atoms with van der Waals surface area (Å²) in [5, 5.41) is 1.13. The average Bonchev–Trinajstić information content (AvgIpc) is 2.66. The number of amides is 1. The molecule has 0 fully saturated rings. The molecular formula is C14H17BrN2O. The van der Waals surface area contributed by atoms with Crippen molar-refractivity contribution in [3.05, 3.63) is 34.4 Å². The predicted octanol–water partition coefficient (Wildman–Crippen LogP) is 3.42. The minimum Gasteiger partial charge on any atom is -0.349 e. The quantitative estimate of drug-likeness (QED) is 0.853. The molecule has 0 bridgehead atoms. The molecule has 18 heavy (non-hydrogen) atoms. The van der Waals surface area contributed by atoms with Gasteiger partial charge in [-0.2, -0.15) is 0 Å². The monoisotopic (exact) mass is 308 g/mol. The molecule has 0 N–H and O–H groups in total. The molecule has 2 rings (SSSR count). The van der Waals surface area contributed by atoms with Gasteiger partial charge in [0.15, 0.2) is 0 Å². The zero-order valence-corrected chi connectivity index (χ0v) is 12.5. The lowest BCUT2D eigenvalue weighted by Crippen LogP contribution is -2.30. The number of fused-ring (bicyclic) bond motifs is 1. The van der Waals surface area contributed by atoms with Crippen LogP contribution in [0.5, 0.6) is 0 Å². The molecule has 0 atom stereocenters. The van der Waals surface area contributed by atoms with Crippen LogP contribution in [0.25, 0.3) is 10.9 Å². The van der Waals surface area contributed by atoms with Crippen LogP contribution in [0, 0.1) is 0 Å². The van der Waals surface area contributed by atoms with Crippen LogP contribution in [-0.2, 0) is 7.05 Å².